The van der Waals surface area contributed by atoms with Crippen LogP contribution in [0.5, 0.6) is 5.75 Å². The fourth-order valence-electron chi connectivity index (χ4n) is 1.35. The van der Waals surface area contributed by atoms with E-state index < -0.39 is 5.60 Å². The quantitative estimate of drug-likeness (QED) is 0.845. The summed E-state index contributed by atoms with van der Waals surface area (Å²) < 4.78 is 5.18. The van der Waals surface area contributed by atoms with Crippen LogP contribution in [0, 0.1) is 6.92 Å². The molecule has 0 aliphatic heterocycles. The Morgan fingerprint density at radius 3 is 2.65 bits per heavy atom. The number of hydrogen-bond donors (Lipinski definition) is 2. The van der Waals surface area contributed by atoms with Crippen molar-refractivity contribution in [1.29, 1.82) is 0 Å². The maximum Gasteiger partial charge on any atom is 0.227 e. The summed E-state index contributed by atoms with van der Waals surface area (Å²) in [4.78, 5) is 11.7. The second kappa shape index (κ2) is 5.19. The van der Waals surface area contributed by atoms with E-state index in [1.165, 1.54) is 6.07 Å². The van der Waals surface area contributed by atoms with Crippen molar-refractivity contribution in [1.82, 2.24) is 0 Å². The molecule has 1 rings (SSSR count). The summed E-state index contributed by atoms with van der Waals surface area (Å²) in [7, 11) is 1.57. The standard InChI is InChI=1S/C13H19NO3/c1-9-5-6-10(7-11(9)15)14-12(16)8-13(2,3)17-4/h5-7,15H,8H2,1-4H3,(H,14,16). The summed E-state index contributed by atoms with van der Waals surface area (Å²) in [6, 6.07) is 5.05. The van der Waals surface area contributed by atoms with Crippen molar-refractivity contribution in [3.8, 4) is 5.75 Å². The van der Waals surface area contributed by atoms with Gasteiger partial charge in [0.1, 0.15) is 5.75 Å². The fraction of sp³-hybridized carbons (Fsp3) is 0.462. The molecule has 94 valence electrons. The summed E-state index contributed by atoms with van der Waals surface area (Å²) in [5.41, 5.74) is 0.877. The number of aromatic hydroxyl groups is 1. The average molecular weight is 237 g/mol. The molecule has 0 aliphatic carbocycles. The van der Waals surface area contributed by atoms with Gasteiger partial charge in [-0.3, -0.25) is 4.79 Å². The molecule has 0 radical (unpaired) electrons. The van der Waals surface area contributed by atoms with Gasteiger partial charge in [-0.05, 0) is 32.4 Å². The monoisotopic (exact) mass is 237 g/mol. The molecule has 0 heterocycles. The molecule has 0 spiro atoms. The van der Waals surface area contributed by atoms with Crippen LogP contribution in [0.15, 0.2) is 18.2 Å². The number of anilines is 1. The van der Waals surface area contributed by atoms with Crippen molar-refractivity contribution in [3.63, 3.8) is 0 Å². The van der Waals surface area contributed by atoms with Gasteiger partial charge in [0, 0.05) is 18.9 Å². The molecule has 0 unspecified atom stereocenters. The Hall–Kier alpha value is -1.55. The van der Waals surface area contributed by atoms with Crippen molar-refractivity contribution >= 4 is 11.6 Å². The van der Waals surface area contributed by atoms with Gasteiger partial charge in [-0.2, -0.15) is 0 Å². The highest BCUT2D eigenvalue weighted by molar-refractivity contribution is 5.91. The molecule has 1 amide bonds. The molecule has 0 atom stereocenters. The summed E-state index contributed by atoms with van der Waals surface area (Å²) in [5.74, 6) is 0.0360. The molecule has 4 nitrogen and oxygen atoms in total. The Balaban J connectivity index is 2.65. The number of benzene rings is 1. The van der Waals surface area contributed by atoms with Gasteiger partial charge in [-0.1, -0.05) is 6.07 Å². The highest BCUT2D eigenvalue weighted by atomic mass is 16.5. The van der Waals surface area contributed by atoms with E-state index in [2.05, 4.69) is 5.32 Å². The zero-order valence-electron chi connectivity index (χ0n) is 10.7. The molecule has 0 fully saturated rings. The molecule has 0 aliphatic rings. The number of carbonyl (C=O) groups is 1. The Kier molecular flexibility index (Phi) is 4.12. The minimum absolute atomic E-state index is 0.139. The van der Waals surface area contributed by atoms with Crippen LogP contribution in [0.4, 0.5) is 5.69 Å². The number of rotatable bonds is 4. The Morgan fingerprint density at radius 2 is 2.12 bits per heavy atom. The smallest absolute Gasteiger partial charge is 0.227 e. The third kappa shape index (κ3) is 4.07. The molecule has 4 heteroatoms. The zero-order valence-corrected chi connectivity index (χ0v) is 10.7. The molecular weight excluding hydrogens is 218 g/mol. The first-order valence-corrected chi connectivity index (χ1v) is 5.49. The van der Waals surface area contributed by atoms with E-state index in [1.54, 1.807) is 26.2 Å². The van der Waals surface area contributed by atoms with Gasteiger partial charge in [0.25, 0.3) is 0 Å². The van der Waals surface area contributed by atoms with Crippen LogP contribution in [0.25, 0.3) is 0 Å². The van der Waals surface area contributed by atoms with Crippen LogP contribution in [0.3, 0.4) is 0 Å². The number of hydrogen-bond acceptors (Lipinski definition) is 3. The highest BCUT2D eigenvalue weighted by Crippen LogP contribution is 2.21. The van der Waals surface area contributed by atoms with Crippen molar-refractivity contribution in [2.24, 2.45) is 0 Å². The van der Waals surface area contributed by atoms with Gasteiger partial charge in [0.15, 0.2) is 0 Å². The lowest BCUT2D eigenvalue weighted by Gasteiger charge is -2.21. The topological polar surface area (TPSA) is 58.6 Å². The fourth-order valence-corrected chi connectivity index (χ4v) is 1.35. The summed E-state index contributed by atoms with van der Waals surface area (Å²) in [6.45, 7) is 5.49. The first-order chi connectivity index (χ1) is 7.84. The number of amides is 1. The molecule has 0 saturated heterocycles. The van der Waals surface area contributed by atoms with E-state index in [0.717, 1.165) is 5.56 Å². The lowest BCUT2D eigenvalue weighted by atomic mass is 10.0. The number of carbonyl (C=O) groups excluding carboxylic acids is 1. The molecule has 17 heavy (non-hydrogen) atoms. The van der Waals surface area contributed by atoms with Gasteiger partial charge >= 0.3 is 0 Å². The Bertz CT molecular complexity index is 413. The van der Waals surface area contributed by atoms with E-state index in [4.69, 9.17) is 4.74 Å². The SMILES string of the molecule is COC(C)(C)CC(=O)Nc1ccc(C)c(O)c1. The molecule has 0 saturated carbocycles. The summed E-state index contributed by atoms with van der Waals surface area (Å²) in [5, 5.41) is 12.2. The van der Waals surface area contributed by atoms with Crippen molar-refractivity contribution in [3.05, 3.63) is 23.8 Å². The van der Waals surface area contributed by atoms with Crippen LogP contribution in [-0.2, 0) is 9.53 Å². The zero-order chi connectivity index (χ0) is 13.1. The van der Waals surface area contributed by atoms with Crippen LogP contribution < -0.4 is 5.32 Å². The highest BCUT2D eigenvalue weighted by Gasteiger charge is 2.21. The van der Waals surface area contributed by atoms with Gasteiger partial charge in [0.2, 0.25) is 5.91 Å². The van der Waals surface area contributed by atoms with Crippen LogP contribution in [-0.4, -0.2) is 23.7 Å². The largest absolute Gasteiger partial charge is 0.508 e. The van der Waals surface area contributed by atoms with Crippen LogP contribution in [0.1, 0.15) is 25.8 Å². The van der Waals surface area contributed by atoms with E-state index in [9.17, 15) is 9.90 Å². The third-order valence-electron chi connectivity index (χ3n) is 2.63. The average Bonchev–Trinajstić information content (AvgIpc) is 2.23. The molecule has 2 N–H and O–H groups in total. The molecule has 0 bridgehead atoms. The van der Waals surface area contributed by atoms with Crippen molar-refractivity contribution in [2.45, 2.75) is 32.8 Å². The minimum atomic E-state index is -0.489. The van der Waals surface area contributed by atoms with Crippen LogP contribution >= 0.6 is 0 Å². The second-order valence-electron chi connectivity index (χ2n) is 4.69. The summed E-state index contributed by atoms with van der Waals surface area (Å²) >= 11 is 0. The van der Waals surface area contributed by atoms with E-state index in [-0.39, 0.29) is 18.1 Å². The van der Waals surface area contributed by atoms with Gasteiger partial charge < -0.3 is 15.2 Å². The summed E-state index contributed by atoms with van der Waals surface area (Å²) in [6.07, 6.45) is 0.262. The number of phenols is 1. The second-order valence-corrected chi connectivity index (χ2v) is 4.69. The lowest BCUT2D eigenvalue weighted by Crippen LogP contribution is -2.29. The normalized spacial score (nSPS) is 11.3. The van der Waals surface area contributed by atoms with E-state index in [0.29, 0.717) is 5.69 Å². The molecule has 0 aromatic heterocycles. The maximum absolute atomic E-state index is 11.7. The number of ether oxygens (including phenoxy) is 1. The molecule has 1 aromatic carbocycles. The van der Waals surface area contributed by atoms with E-state index in [1.807, 2.05) is 13.8 Å². The third-order valence-corrected chi connectivity index (χ3v) is 2.63. The van der Waals surface area contributed by atoms with Gasteiger partial charge in [-0.15, -0.1) is 0 Å². The predicted octanol–water partition coefficient (Wildman–Crippen LogP) is 2.45. The Morgan fingerprint density at radius 1 is 1.47 bits per heavy atom. The predicted molar refractivity (Wildman–Crippen MR) is 67.2 cm³/mol. The first kappa shape index (κ1) is 13.5. The maximum atomic E-state index is 11.7. The van der Waals surface area contributed by atoms with Crippen molar-refractivity contribution in [2.75, 3.05) is 12.4 Å². The van der Waals surface area contributed by atoms with Crippen molar-refractivity contribution < 1.29 is 14.6 Å². The number of aryl methyl sites for hydroxylation is 1. The van der Waals surface area contributed by atoms with Gasteiger partial charge in [0.05, 0.1) is 12.0 Å². The van der Waals surface area contributed by atoms with Crippen LogP contribution in [0.2, 0.25) is 0 Å². The number of phenolic OH excluding ortho intramolecular Hbond substituents is 1. The minimum Gasteiger partial charge on any atom is -0.508 e. The lowest BCUT2D eigenvalue weighted by molar-refractivity contribution is -0.121. The number of methoxy groups -OCH3 is 1. The Labute approximate surface area is 102 Å². The number of nitrogens with one attached hydrogen (secondary N) is 1. The molecular formula is C13H19NO3. The van der Waals surface area contributed by atoms with E-state index >= 15 is 0 Å². The molecule has 1 aromatic rings. The van der Waals surface area contributed by atoms with Gasteiger partial charge in [-0.25, -0.2) is 0 Å². The first-order valence-electron chi connectivity index (χ1n) is 5.49.